The van der Waals surface area contributed by atoms with E-state index >= 15 is 0 Å². The van der Waals surface area contributed by atoms with Gasteiger partial charge in [-0.1, -0.05) is 63.7 Å². The molecular weight excluding hydrogens is 434 g/mol. The number of thioether (sulfide) groups is 1. The molecule has 1 aromatic heterocycles. The van der Waals surface area contributed by atoms with Gasteiger partial charge in [0.25, 0.3) is 5.91 Å². The van der Waals surface area contributed by atoms with Crippen molar-refractivity contribution in [2.24, 2.45) is 5.10 Å². The summed E-state index contributed by atoms with van der Waals surface area (Å²) in [5, 5.41) is 23.1. The average Bonchev–Trinajstić information content (AvgIpc) is 3.21. The van der Waals surface area contributed by atoms with Crippen LogP contribution in [0.15, 0.2) is 58.8 Å². The van der Waals surface area contributed by atoms with Crippen molar-refractivity contribution in [3.63, 3.8) is 0 Å². The lowest BCUT2D eigenvalue weighted by molar-refractivity contribution is -0.118. The normalized spacial score (nSPS) is 12.1. The predicted molar refractivity (Wildman–Crippen MR) is 134 cm³/mol. The molecule has 0 bridgehead atoms. The van der Waals surface area contributed by atoms with E-state index in [0.717, 1.165) is 22.7 Å². The number of aromatic nitrogens is 3. The number of nitrogens with one attached hydrogen (secondary N) is 1. The molecule has 2 N–H and O–H groups in total. The van der Waals surface area contributed by atoms with Crippen molar-refractivity contribution in [1.82, 2.24) is 20.2 Å². The first kappa shape index (κ1) is 24.5. The lowest BCUT2D eigenvalue weighted by Gasteiger charge is -2.19. The van der Waals surface area contributed by atoms with Gasteiger partial charge in [0.2, 0.25) is 0 Å². The summed E-state index contributed by atoms with van der Waals surface area (Å²) in [6.45, 7) is 11.3. The summed E-state index contributed by atoms with van der Waals surface area (Å²) in [4.78, 5) is 12.4. The molecule has 0 saturated carbocycles. The topological polar surface area (TPSA) is 92.4 Å². The SMILES string of the molecule is CC/C(=N\NC(=O)CSc1nnc(-c2ccc(C(C)(C)C)cc2)n1CC)c1ccc(O)cc1. The summed E-state index contributed by atoms with van der Waals surface area (Å²) < 4.78 is 2.02. The van der Waals surface area contributed by atoms with Gasteiger partial charge in [-0.3, -0.25) is 4.79 Å². The Kier molecular flexibility index (Phi) is 7.92. The second-order valence-electron chi connectivity index (χ2n) is 8.66. The van der Waals surface area contributed by atoms with Crippen molar-refractivity contribution >= 4 is 23.4 Å². The van der Waals surface area contributed by atoms with E-state index in [1.54, 1.807) is 24.3 Å². The fraction of sp³-hybridized carbons (Fsp3) is 0.360. The van der Waals surface area contributed by atoms with Crippen molar-refractivity contribution in [3.8, 4) is 17.1 Å². The zero-order valence-corrected chi connectivity index (χ0v) is 20.6. The number of nitrogens with zero attached hydrogens (tertiary/aromatic N) is 4. The lowest BCUT2D eigenvalue weighted by Crippen LogP contribution is -2.22. The number of phenolic OH excluding ortho intramolecular Hbond substituents is 1. The van der Waals surface area contributed by atoms with E-state index in [2.05, 4.69) is 65.8 Å². The summed E-state index contributed by atoms with van der Waals surface area (Å²) in [5.41, 5.74) is 6.57. The van der Waals surface area contributed by atoms with Crippen molar-refractivity contribution in [1.29, 1.82) is 0 Å². The highest BCUT2D eigenvalue weighted by molar-refractivity contribution is 7.99. The number of benzene rings is 2. The van der Waals surface area contributed by atoms with Gasteiger partial charge in [-0.15, -0.1) is 10.2 Å². The zero-order valence-electron chi connectivity index (χ0n) is 19.8. The molecule has 3 rings (SSSR count). The summed E-state index contributed by atoms with van der Waals surface area (Å²) in [6, 6.07) is 15.2. The fourth-order valence-corrected chi connectivity index (χ4v) is 4.10. The maximum atomic E-state index is 12.4. The van der Waals surface area contributed by atoms with Gasteiger partial charge in [-0.05, 0) is 54.2 Å². The number of hydrogen-bond donors (Lipinski definition) is 2. The molecule has 1 heterocycles. The molecular formula is C25H31N5O2S. The Morgan fingerprint density at radius 2 is 1.73 bits per heavy atom. The largest absolute Gasteiger partial charge is 0.508 e. The third-order valence-corrected chi connectivity index (χ3v) is 6.19. The first-order chi connectivity index (χ1) is 15.7. The second kappa shape index (κ2) is 10.7. The first-order valence-corrected chi connectivity index (χ1v) is 12.0. The Labute approximate surface area is 199 Å². The van der Waals surface area contributed by atoms with Crippen molar-refractivity contribution in [2.45, 2.75) is 58.2 Å². The van der Waals surface area contributed by atoms with E-state index in [1.165, 1.54) is 17.3 Å². The molecule has 0 aliphatic carbocycles. The van der Waals surface area contributed by atoms with Crippen LogP contribution in [-0.4, -0.2) is 37.2 Å². The Balaban J connectivity index is 1.66. The van der Waals surface area contributed by atoms with E-state index < -0.39 is 0 Å². The Morgan fingerprint density at radius 1 is 1.06 bits per heavy atom. The summed E-state index contributed by atoms with van der Waals surface area (Å²) in [6.07, 6.45) is 0.653. The number of carbonyl (C=O) groups excluding carboxylic acids is 1. The Morgan fingerprint density at radius 3 is 2.30 bits per heavy atom. The molecule has 174 valence electrons. The first-order valence-electron chi connectivity index (χ1n) is 11.0. The van der Waals surface area contributed by atoms with Gasteiger partial charge in [0, 0.05) is 12.1 Å². The molecule has 0 spiro atoms. The van der Waals surface area contributed by atoms with E-state index in [9.17, 15) is 9.90 Å². The van der Waals surface area contributed by atoms with Gasteiger partial charge in [-0.25, -0.2) is 5.43 Å². The number of amides is 1. The summed E-state index contributed by atoms with van der Waals surface area (Å²) in [5.74, 6) is 0.946. The van der Waals surface area contributed by atoms with E-state index in [1.807, 2.05) is 18.4 Å². The molecule has 0 aliphatic heterocycles. The van der Waals surface area contributed by atoms with Crippen LogP contribution in [0.25, 0.3) is 11.4 Å². The smallest absolute Gasteiger partial charge is 0.250 e. The van der Waals surface area contributed by atoms with Crippen LogP contribution in [0, 0.1) is 0 Å². The minimum absolute atomic E-state index is 0.0910. The van der Waals surface area contributed by atoms with E-state index in [-0.39, 0.29) is 22.8 Å². The summed E-state index contributed by atoms with van der Waals surface area (Å²) >= 11 is 1.33. The third-order valence-electron chi connectivity index (χ3n) is 5.23. The van der Waals surface area contributed by atoms with Crippen LogP contribution >= 0.6 is 11.8 Å². The third kappa shape index (κ3) is 6.22. The molecule has 8 heteroatoms. The average molecular weight is 466 g/mol. The minimum Gasteiger partial charge on any atom is -0.508 e. The fourth-order valence-electron chi connectivity index (χ4n) is 3.31. The maximum absolute atomic E-state index is 12.4. The number of hydrogen-bond acceptors (Lipinski definition) is 6. The van der Waals surface area contributed by atoms with Gasteiger partial charge in [0.05, 0.1) is 11.5 Å². The maximum Gasteiger partial charge on any atom is 0.250 e. The molecule has 0 saturated heterocycles. The molecule has 0 atom stereocenters. The predicted octanol–water partition coefficient (Wildman–Crippen LogP) is 4.99. The van der Waals surface area contributed by atoms with Gasteiger partial charge in [0.1, 0.15) is 5.75 Å². The highest BCUT2D eigenvalue weighted by atomic mass is 32.2. The Bertz CT molecular complexity index is 1110. The number of rotatable bonds is 8. The molecule has 0 radical (unpaired) electrons. The molecule has 2 aromatic carbocycles. The van der Waals surface area contributed by atoms with Crippen LogP contribution in [-0.2, 0) is 16.8 Å². The second-order valence-corrected chi connectivity index (χ2v) is 9.60. The number of phenols is 1. The van der Waals surface area contributed by atoms with Crippen LogP contribution < -0.4 is 5.43 Å². The standard InChI is InChI=1S/C25H31N5O2S/c1-6-21(17-10-14-20(31)15-11-17)26-27-22(32)16-33-24-29-28-23(30(24)7-2)18-8-12-19(13-9-18)25(3,4)5/h8-15,31H,6-7,16H2,1-5H3,(H,27,32)/b26-21+. The zero-order chi connectivity index (χ0) is 24.0. The molecule has 7 nitrogen and oxygen atoms in total. The number of aromatic hydroxyl groups is 1. The van der Waals surface area contributed by atoms with Crippen LogP contribution in [0.3, 0.4) is 0 Å². The molecule has 0 unspecified atom stereocenters. The van der Waals surface area contributed by atoms with E-state index in [4.69, 9.17) is 0 Å². The van der Waals surface area contributed by atoms with Crippen LogP contribution in [0.5, 0.6) is 5.75 Å². The van der Waals surface area contributed by atoms with Gasteiger partial charge in [0.15, 0.2) is 11.0 Å². The monoisotopic (exact) mass is 465 g/mol. The van der Waals surface area contributed by atoms with Crippen LogP contribution in [0.1, 0.15) is 52.2 Å². The minimum atomic E-state index is -0.216. The molecule has 0 aliphatic rings. The van der Waals surface area contributed by atoms with Gasteiger partial charge >= 0.3 is 0 Å². The highest BCUT2D eigenvalue weighted by Crippen LogP contribution is 2.27. The highest BCUT2D eigenvalue weighted by Gasteiger charge is 2.17. The van der Waals surface area contributed by atoms with Crippen molar-refractivity contribution in [3.05, 3.63) is 59.7 Å². The van der Waals surface area contributed by atoms with Gasteiger partial charge in [-0.2, -0.15) is 5.10 Å². The van der Waals surface area contributed by atoms with E-state index in [0.29, 0.717) is 18.1 Å². The van der Waals surface area contributed by atoms with Crippen molar-refractivity contribution in [2.75, 3.05) is 5.75 Å². The number of hydrazone groups is 1. The molecule has 1 amide bonds. The van der Waals surface area contributed by atoms with Crippen molar-refractivity contribution < 1.29 is 9.90 Å². The summed E-state index contributed by atoms with van der Waals surface area (Å²) in [7, 11) is 0. The lowest BCUT2D eigenvalue weighted by atomic mass is 9.87. The van der Waals surface area contributed by atoms with Gasteiger partial charge < -0.3 is 9.67 Å². The van der Waals surface area contributed by atoms with Crippen LogP contribution in [0.2, 0.25) is 0 Å². The molecule has 0 fully saturated rings. The quantitative estimate of drug-likeness (QED) is 0.278. The molecule has 33 heavy (non-hydrogen) atoms. The Hall–Kier alpha value is -3.13. The number of carbonyl (C=O) groups is 1. The molecule has 3 aromatic rings. The van der Waals surface area contributed by atoms with Crippen LogP contribution in [0.4, 0.5) is 0 Å².